The predicted molar refractivity (Wildman–Crippen MR) is 61.8 cm³/mol. The molecule has 0 aromatic carbocycles. The van der Waals surface area contributed by atoms with E-state index in [2.05, 4.69) is 15.0 Å². The van der Waals surface area contributed by atoms with E-state index in [1.165, 1.54) is 0 Å². The quantitative estimate of drug-likeness (QED) is 0.579. The van der Waals surface area contributed by atoms with Crippen molar-refractivity contribution in [1.29, 1.82) is 0 Å². The number of nitrogens with zero attached hydrogens (tertiary/aromatic N) is 2. The number of aromatic nitrogens is 3. The van der Waals surface area contributed by atoms with Crippen LogP contribution in [0.2, 0.25) is 5.15 Å². The fourth-order valence-electron chi connectivity index (χ4n) is 1.59. The number of rotatable bonds is 4. The van der Waals surface area contributed by atoms with Gasteiger partial charge in [-0.2, -0.15) is 0 Å². The average Bonchev–Trinajstić information content (AvgIpc) is 2.78. The zero-order valence-corrected chi connectivity index (χ0v) is 9.59. The molecule has 0 aliphatic carbocycles. The molecule has 2 heterocycles. The predicted octanol–water partition coefficient (Wildman–Crippen LogP) is 0.0404. The zero-order chi connectivity index (χ0) is 12.4. The summed E-state index contributed by atoms with van der Waals surface area (Å²) in [5.41, 5.74) is 0.531. The first-order chi connectivity index (χ1) is 8.17. The van der Waals surface area contributed by atoms with Gasteiger partial charge >= 0.3 is 0 Å². The molecule has 17 heavy (non-hydrogen) atoms. The molecular formula is C10H12ClN3O3. The van der Waals surface area contributed by atoms with Crippen molar-refractivity contribution in [2.45, 2.75) is 12.0 Å². The van der Waals surface area contributed by atoms with Crippen LogP contribution in [0.3, 0.4) is 0 Å². The van der Waals surface area contributed by atoms with Crippen LogP contribution < -0.4 is 0 Å². The molecule has 0 radical (unpaired) electrons. The Morgan fingerprint density at radius 2 is 2.06 bits per heavy atom. The highest BCUT2D eigenvalue weighted by Crippen LogP contribution is 2.23. The molecule has 2 unspecified atom stereocenters. The molecule has 7 heteroatoms. The van der Waals surface area contributed by atoms with Gasteiger partial charge in [-0.3, -0.25) is 0 Å². The minimum absolute atomic E-state index is 0.203. The number of aliphatic hydroxyl groups is 3. The number of halogens is 1. The molecule has 92 valence electrons. The van der Waals surface area contributed by atoms with Crippen molar-refractivity contribution in [3.05, 3.63) is 23.2 Å². The second-order valence-corrected chi connectivity index (χ2v) is 4.01. The minimum Gasteiger partial charge on any atom is -0.396 e. The van der Waals surface area contributed by atoms with Crippen LogP contribution in [0, 0.1) is 0 Å². The van der Waals surface area contributed by atoms with Crippen molar-refractivity contribution in [1.82, 2.24) is 15.0 Å². The summed E-state index contributed by atoms with van der Waals surface area (Å²) >= 11 is 5.96. The van der Waals surface area contributed by atoms with Crippen LogP contribution in [0.4, 0.5) is 0 Å². The van der Waals surface area contributed by atoms with E-state index in [-0.39, 0.29) is 17.6 Å². The Labute approximate surface area is 102 Å². The number of aliphatic hydroxyl groups excluding tert-OH is 3. The van der Waals surface area contributed by atoms with Crippen LogP contribution in [0.1, 0.15) is 11.7 Å². The number of fused-ring (bicyclic) bond motifs is 1. The molecule has 6 nitrogen and oxygen atoms in total. The molecule has 4 N–H and O–H groups in total. The Morgan fingerprint density at radius 1 is 1.29 bits per heavy atom. The maximum absolute atomic E-state index is 9.54. The topological polar surface area (TPSA) is 102 Å². The minimum atomic E-state index is -1.12. The van der Waals surface area contributed by atoms with Crippen LogP contribution in [-0.4, -0.2) is 49.6 Å². The third-order valence-corrected chi connectivity index (χ3v) is 2.85. The van der Waals surface area contributed by atoms with Gasteiger partial charge in [-0.1, -0.05) is 11.6 Å². The molecule has 0 bridgehead atoms. The summed E-state index contributed by atoms with van der Waals surface area (Å²) in [6.45, 7) is -0.848. The van der Waals surface area contributed by atoms with E-state index in [4.69, 9.17) is 16.7 Å². The van der Waals surface area contributed by atoms with Gasteiger partial charge in [-0.15, -0.1) is 0 Å². The van der Waals surface area contributed by atoms with E-state index >= 15 is 0 Å². The summed E-state index contributed by atoms with van der Waals surface area (Å²) in [5, 5.41) is 28.5. The highest BCUT2D eigenvalue weighted by Gasteiger charge is 2.24. The van der Waals surface area contributed by atoms with Crippen LogP contribution in [0.15, 0.2) is 12.3 Å². The Kier molecular flexibility index (Phi) is 3.58. The number of hydrogen-bond donors (Lipinski definition) is 4. The van der Waals surface area contributed by atoms with Crippen molar-refractivity contribution < 1.29 is 15.3 Å². The molecule has 2 atom stereocenters. The summed E-state index contributed by atoms with van der Waals surface area (Å²) in [6.07, 6.45) is 0.550. The lowest BCUT2D eigenvalue weighted by molar-refractivity contribution is 0.0500. The van der Waals surface area contributed by atoms with Gasteiger partial charge in [-0.05, 0) is 6.07 Å². The van der Waals surface area contributed by atoms with Crippen LogP contribution in [-0.2, 0) is 0 Å². The van der Waals surface area contributed by atoms with Crippen molar-refractivity contribution >= 4 is 22.6 Å². The van der Waals surface area contributed by atoms with Crippen LogP contribution in [0.25, 0.3) is 11.0 Å². The van der Waals surface area contributed by atoms with Crippen molar-refractivity contribution in [3.63, 3.8) is 0 Å². The summed E-state index contributed by atoms with van der Waals surface area (Å²) < 4.78 is 0. The maximum Gasteiger partial charge on any atom is 0.142 e. The second-order valence-electron chi connectivity index (χ2n) is 3.65. The molecule has 0 fully saturated rings. The first-order valence-corrected chi connectivity index (χ1v) is 5.45. The van der Waals surface area contributed by atoms with Crippen LogP contribution >= 0.6 is 11.6 Å². The van der Waals surface area contributed by atoms with Gasteiger partial charge in [0.05, 0.1) is 30.6 Å². The van der Waals surface area contributed by atoms with E-state index in [0.717, 1.165) is 0 Å². The molecule has 0 aliphatic heterocycles. The third-order valence-electron chi connectivity index (χ3n) is 2.57. The number of hydrogen-bond acceptors (Lipinski definition) is 5. The maximum atomic E-state index is 9.54. The number of aromatic amines is 1. The lowest BCUT2D eigenvalue weighted by Gasteiger charge is -2.17. The van der Waals surface area contributed by atoms with Crippen molar-refractivity contribution in [2.24, 2.45) is 0 Å². The molecule has 0 saturated carbocycles. The normalized spacial score (nSPS) is 15.1. The van der Waals surface area contributed by atoms with E-state index < -0.39 is 18.6 Å². The molecule has 0 saturated heterocycles. The highest BCUT2D eigenvalue weighted by molar-refractivity contribution is 6.33. The Balaban J connectivity index is 2.46. The van der Waals surface area contributed by atoms with Gasteiger partial charge in [0.25, 0.3) is 0 Å². The fourth-order valence-corrected chi connectivity index (χ4v) is 1.83. The van der Waals surface area contributed by atoms with Gasteiger partial charge in [-0.25, -0.2) is 9.97 Å². The molecule has 0 spiro atoms. The molecule has 2 aromatic heterocycles. The van der Waals surface area contributed by atoms with E-state index in [9.17, 15) is 10.2 Å². The Morgan fingerprint density at radius 3 is 2.71 bits per heavy atom. The Bertz CT molecular complexity index is 516. The smallest absolute Gasteiger partial charge is 0.142 e. The second kappa shape index (κ2) is 4.97. The van der Waals surface area contributed by atoms with Gasteiger partial charge in [0.15, 0.2) is 0 Å². The van der Waals surface area contributed by atoms with E-state index in [0.29, 0.717) is 11.0 Å². The molecule has 0 amide bonds. The molecule has 0 aliphatic rings. The van der Waals surface area contributed by atoms with Crippen LogP contribution in [0.5, 0.6) is 0 Å². The van der Waals surface area contributed by atoms with Gasteiger partial charge in [0, 0.05) is 6.20 Å². The average molecular weight is 258 g/mol. The van der Waals surface area contributed by atoms with Gasteiger partial charge < -0.3 is 20.3 Å². The summed E-state index contributed by atoms with van der Waals surface area (Å²) in [5.74, 6) is -0.556. The lowest BCUT2D eigenvalue weighted by atomic mass is 10.0. The first-order valence-electron chi connectivity index (χ1n) is 5.07. The summed E-state index contributed by atoms with van der Waals surface area (Å²) in [7, 11) is 0. The SMILES string of the molecule is OCC(O)C(CO)c1nc(Cl)c2cc[nH]c2n1. The zero-order valence-electron chi connectivity index (χ0n) is 8.84. The van der Waals surface area contributed by atoms with Crippen molar-refractivity contribution in [3.8, 4) is 0 Å². The van der Waals surface area contributed by atoms with E-state index in [1.54, 1.807) is 12.3 Å². The molecular weight excluding hydrogens is 246 g/mol. The van der Waals surface area contributed by atoms with E-state index in [1.807, 2.05) is 0 Å². The summed E-state index contributed by atoms with van der Waals surface area (Å²) in [6, 6.07) is 1.73. The summed E-state index contributed by atoms with van der Waals surface area (Å²) in [4.78, 5) is 11.0. The largest absolute Gasteiger partial charge is 0.396 e. The lowest BCUT2D eigenvalue weighted by Crippen LogP contribution is -2.27. The standard InChI is InChI=1S/C10H12ClN3O3/c11-8-5-1-2-12-9(5)14-10(13-8)6(3-15)7(17)4-16/h1-2,6-7,15-17H,3-4H2,(H,12,13,14). The van der Waals surface area contributed by atoms with Crippen molar-refractivity contribution in [2.75, 3.05) is 13.2 Å². The molecule has 2 aromatic rings. The number of nitrogens with one attached hydrogen (secondary N) is 1. The van der Waals surface area contributed by atoms with Gasteiger partial charge in [0.1, 0.15) is 16.6 Å². The highest BCUT2D eigenvalue weighted by atomic mass is 35.5. The van der Waals surface area contributed by atoms with Gasteiger partial charge in [0.2, 0.25) is 0 Å². The first kappa shape index (κ1) is 12.3. The number of H-pyrrole nitrogens is 1. The Hall–Kier alpha value is -1.21. The molecule has 2 rings (SSSR count). The monoisotopic (exact) mass is 257 g/mol. The fraction of sp³-hybridized carbons (Fsp3) is 0.400. The third kappa shape index (κ3) is 2.25.